The number of ether oxygens (including phenoxy) is 1. The van der Waals surface area contributed by atoms with Gasteiger partial charge in [-0.05, 0) is 48.5 Å². The maximum Gasteiger partial charge on any atom is 0.145 e. The Kier molecular flexibility index (Phi) is 5.25. The van der Waals surface area contributed by atoms with Gasteiger partial charge in [0.1, 0.15) is 11.6 Å². The van der Waals surface area contributed by atoms with E-state index in [4.69, 9.17) is 4.74 Å². The van der Waals surface area contributed by atoms with E-state index in [1.165, 1.54) is 19.2 Å². The van der Waals surface area contributed by atoms with Gasteiger partial charge in [-0.2, -0.15) is 0 Å². The lowest BCUT2D eigenvalue weighted by Gasteiger charge is -2.34. The summed E-state index contributed by atoms with van der Waals surface area (Å²) >= 11 is 3.08. The van der Waals surface area contributed by atoms with Crippen LogP contribution in [0.5, 0.6) is 0 Å². The number of hydrogen-bond acceptors (Lipinski definition) is 2. The van der Waals surface area contributed by atoms with E-state index in [0.717, 1.165) is 0 Å². The van der Waals surface area contributed by atoms with Crippen LogP contribution in [0.2, 0.25) is 0 Å². The smallest absolute Gasteiger partial charge is 0.145 e. The molecule has 0 heterocycles. The van der Waals surface area contributed by atoms with E-state index >= 15 is 0 Å². The summed E-state index contributed by atoms with van der Waals surface area (Å²) in [5.41, 5.74) is -0.726. The van der Waals surface area contributed by atoms with E-state index in [1.807, 2.05) is 6.92 Å². The van der Waals surface area contributed by atoms with Crippen molar-refractivity contribution in [2.24, 2.45) is 0 Å². The lowest BCUT2D eigenvalue weighted by atomic mass is 9.90. The van der Waals surface area contributed by atoms with Crippen LogP contribution >= 0.6 is 15.9 Å². The third-order valence-electron chi connectivity index (χ3n) is 3.00. The zero-order chi connectivity index (χ0) is 13.9. The maximum atomic E-state index is 14.1. The summed E-state index contributed by atoms with van der Waals surface area (Å²) in [7, 11) is 1.53. The third-order valence-corrected chi connectivity index (χ3v) is 3.61. The van der Waals surface area contributed by atoms with E-state index in [0.29, 0.717) is 6.54 Å². The van der Waals surface area contributed by atoms with Crippen LogP contribution in [0.15, 0.2) is 16.6 Å². The van der Waals surface area contributed by atoms with Crippen LogP contribution < -0.4 is 5.32 Å². The van der Waals surface area contributed by atoms with Crippen molar-refractivity contribution in [2.75, 3.05) is 13.7 Å². The van der Waals surface area contributed by atoms with Crippen LogP contribution in [-0.4, -0.2) is 19.3 Å². The van der Waals surface area contributed by atoms with E-state index in [1.54, 1.807) is 13.8 Å². The summed E-state index contributed by atoms with van der Waals surface area (Å²) in [6.07, 6.45) is 0. The van der Waals surface area contributed by atoms with Gasteiger partial charge in [0, 0.05) is 12.7 Å². The Morgan fingerprint density at radius 1 is 1.39 bits per heavy atom. The van der Waals surface area contributed by atoms with Crippen molar-refractivity contribution in [3.63, 3.8) is 0 Å². The van der Waals surface area contributed by atoms with Crippen molar-refractivity contribution in [3.05, 3.63) is 33.8 Å². The van der Waals surface area contributed by atoms with Crippen molar-refractivity contribution < 1.29 is 13.5 Å². The van der Waals surface area contributed by atoms with Crippen molar-refractivity contribution in [2.45, 2.75) is 32.4 Å². The Morgan fingerprint density at radius 2 is 2.00 bits per heavy atom. The highest BCUT2D eigenvalue weighted by Crippen LogP contribution is 2.34. The van der Waals surface area contributed by atoms with E-state index < -0.39 is 23.3 Å². The predicted octanol–water partition coefficient (Wildman–Crippen LogP) is 3.80. The first-order valence-corrected chi connectivity index (χ1v) is 6.56. The van der Waals surface area contributed by atoms with Gasteiger partial charge in [0.2, 0.25) is 0 Å². The summed E-state index contributed by atoms with van der Waals surface area (Å²) in [5.74, 6) is -1.17. The first-order valence-electron chi connectivity index (χ1n) is 5.77. The van der Waals surface area contributed by atoms with Gasteiger partial charge in [-0.1, -0.05) is 6.92 Å². The van der Waals surface area contributed by atoms with Crippen LogP contribution in [-0.2, 0) is 4.74 Å². The molecular formula is C13H18BrF2NO. The van der Waals surface area contributed by atoms with E-state index in [-0.39, 0.29) is 10.0 Å². The molecule has 1 atom stereocenters. The molecule has 1 N–H and O–H groups in total. The Balaban J connectivity index is 3.34. The first kappa shape index (κ1) is 15.5. The zero-order valence-electron chi connectivity index (χ0n) is 11.0. The molecule has 0 spiro atoms. The van der Waals surface area contributed by atoms with Crippen LogP contribution in [0.1, 0.15) is 32.4 Å². The lowest BCUT2D eigenvalue weighted by molar-refractivity contribution is -0.0126. The van der Waals surface area contributed by atoms with Gasteiger partial charge in [-0.25, -0.2) is 8.78 Å². The summed E-state index contributed by atoms with van der Waals surface area (Å²) in [6, 6.07) is 2.04. The standard InChI is InChI=1S/C13H18BrF2NO/c1-5-17-12(13(2,3)18-4)10-9(15)7-6-8(14)11(10)16/h6-7,12,17H,5H2,1-4H3. The Labute approximate surface area is 115 Å². The molecular weight excluding hydrogens is 304 g/mol. The molecule has 0 saturated heterocycles. The molecule has 0 bridgehead atoms. The lowest BCUT2D eigenvalue weighted by Crippen LogP contribution is -2.41. The van der Waals surface area contributed by atoms with Crippen molar-refractivity contribution >= 4 is 15.9 Å². The van der Waals surface area contributed by atoms with Gasteiger partial charge in [0.15, 0.2) is 0 Å². The van der Waals surface area contributed by atoms with Gasteiger partial charge in [-0.15, -0.1) is 0 Å². The average molecular weight is 322 g/mol. The summed E-state index contributed by atoms with van der Waals surface area (Å²) in [5, 5.41) is 3.07. The minimum atomic E-state index is -0.724. The highest BCUT2D eigenvalue weighted by atomic mass is 79.9. The maximum absolute atomic E-state index is 14.1. The molecule has 0 saturated carbocycles. The van der Waals surface area contributed by atoms with Crippen molar-refractivity contribution in [3.8, 4) is 0 Å². The van der Waals surface area contributed by atoms with Gasteiger partial charge in [0.25, 0.3) is 0 Å². The SMILES string of the molecule is CCNC(c1c(F)ccc(Br)c1F)C(C)(C)OC. The number of halogens is 3. The fourth-order valence-corrected chi connectivity index (χ4v) is 2.17. The van der Waals surface area contributed by atoms with Crippen molar-refractivity contribution in [1.29, 1.82) is 0 Å². The number of likely N-dealkylation sites (N-methyl/N-ethyl adjacent to an activating group) is 1. The molecule has 1 aromatic rings. The summed E-state index contributed by atoms with van der Waals surface area (Å²) < 4.78 is 33.6. The first-order chi connectivity index (χ1) is 8.35. The number of hydrogen-bond donors (Lipinski definition) is 1. The molecule has 5 heteroatoms. The number of nitrogens with one attached hydrogen (secondary N) is 1. The van der Waals surface area contributed by atoms with E-state index in [2.05, 4.69) is 21.2 Å². The highest BCUT2D eigenvalue weighted by Gasteiger charge is 2.34. The highest BCUT2D eigenvalue weighted by molar-refractivity contribution is 9.10. The fraction of sp³-hybridized carbons (Fsp3) is 0.538. The van der Waals surface area contributed by atoms with Crippen molar-refractivity contribution in [1.82, 2.24) is 5.32 Å². The second-order valence-electron chi connectivity index (χ2n) is 4.56. The quantitative estimate of drug-likeness (QED) is 0.833. The fourth-order valence-electron chi connectivity index (χ4n) is 1.82. The minimum absolute atomic E-state index is 0.00178. The van der Waals surface area contributed by atoms with Crippen LogP contribution in [0.4, 0.5) is 8.78 Å². The minimum Gasteiger partial charge on any atom is -0.377 e. The third kappa shape index (κ3) is 3.08. The molecule has 1 rings (SSSR count). The van der Waals surface area contributed by atoms with Gasteiger partial charge in [-0.3, -0.25) is 0 Å². The average Bonchev–Trinajstić information content (AvgIpc) is 2.33. The number of methoxy groups -OCH3 is 1. The second kappa shape index (κ2) is 6.08. The van der Waals surface area contributed by atoms with Crippen LogP contribution in [0.3, 0.4) is 0 Å². The summed E-state index contributed by atoms with van der Waals surface area (Å²) in [4.78, 5) is 0. The van der Waals surface area contributed by atoms with Gasteiger partial charge >= 0.3 is 0 Å². The van der Waals surface area contributed by atoms with E-state index in [9.17, 15) is 8.78 Å². The van der Waals surface area contributed by atoms with Crippen LogP contribution in [0, 0.1) is 11.6 Å². The zero-order valence-corrected chi connectivity index (χ0v) is 12.6. The molecule has 1 aromatic carbocycles. The summed E-state index contributed by atoms with van der Waals surface area (Å²) in [6.45, 7) is 6.05. The largest absolute Gasteiger partial charge is 0.377 e. The second-order valence-corrected chi connectivity index (χ2v) is 5.41. The Morgan fingerprint density at radius 3 is 2.50 bits per heavy atom. The molecule has 0 amide bonds. The molecule has 1 unspecified atom stereocenters. The monoisotopic (exact) mass is 321 g/mol. The topological polar surface area (TPSA) is 21.3 Å². The molecule has 0 aliphatic carbocycles. The Bertz CT molecular complexity index is 424. The normalized spacial score (nSPS) is 13.7. The Hall–Kier alpha value is -0.520. The van der Waals surface area contributed by atoms with Gasteiger partial charge < -0.3 is 10.1 Å². The van der Waals surface area contributed by atoms with Gasteiger partial charge in [0.05, 0.1) is 16.1 Å². The molecule has 2 nitrogen and oxygen atoms in total. The molecule has 0 aromatic heterocycles. The number of rotatable bonds is 5. The molecule has 102 valence electrons. The molecule has 0 aliphatic rings. The number of benzene rings is 1. The molecule has 0 fully saturated rings. The molecule has 18 heavy (non-hydrogen) atoms. The molecule has 0 radical (unpaired) electrons. The van der Waals surface area contributed by atoms with Crippen LogP contribution in [0.25, 0.3) is 0 Å². The molecule has 0 aliphatic heterocycles. The predicted molar refractivity (Wildman–Crippen MR) is 71.6 cm³/mol.